The number of thioether (sulfide) groups is 1. The third-order valence-electron chi connectivity index (χ3n) is 5.08. The summed E-state index contributed by atoms with van der Waals surface area (Å²) >= 11 is 1.50. The molecule has 1 aliphatic rings. The van der Waals surface area contributed by atoms with Gasteiger partial charge in [-0.25, -0.2) is 4.98 Å². The lowest BCUT2D eigenvalue weighted by Crippen LogP contribution is -2.48. The Morgan fingerprint density at radius 2 is 2.00 bits per heavy atom. The van der Waals surface area contributed by atoms with E-state index in [0.29, 0.717) is 24.1 Å². The number of fused-ring (bicyclic) bond motifs is 1. The molecule has 4 nitrogen and oxygen atoms in total. The van der Waals surface area contributed by atoms with E-state index in [1.807, 2.05) is 18.4 Å². The summed E-state index contributed by atoms with van der Waals surface area (Å²) in [5.74, 6) is 0.431. The zero-order valence-corrected chi connectivity index (χ0v) is 16.6. The third-order valence-corrected chi connectivity index (χ3v) is 5.79. The van der Waals surface area contributed by atoms with Crippen molar-refractivity contribution in [3.63, 3.8) is 0 Å². The second-order valence-electron chi connectivity index (χ2n) is 7.07. The van der Waals surface area contributed by atoms with Crippen LogP contribution in [0.3, 0.4) is 0 Å². The van der Waals surface area contributed by atoms with Crippen molar-refractivity contribution in [3.05, 3.63) is 59.3 Å². The number of nitrogens with zero attached hydrogens (tertiary/aromatic N) is 2. The predicted molar refractivity (Wildman–Crippen MR) is 108 cm³/mol. The fraction of sp³-hybridized carbons (Fsp3) is 0.429. The minimum atomic E-state index is -0.0366. The van der Waals surface area contributed by atoms with Gasteiger partial charge in [-0.15, -0.1) is 11.8 Å². The summed E-state index contributed by atoms with van der Waals surface area (Å²) in [4.78, 5) is 19.4. The summed E-state index contributed by atoms with van der Waals surface area (Å²) in [6.07, 6.45) is 4.75. The van der Waals surface area contributed by atoms with Crippen molar-refractivity contribution in [1.82, 2.24) is 15.2 Å². The maximum atomic E-state index is 12.6. The number of hydrogen-bond donors (Lipinski definition) is 1. The average Bonchev–Trinajstić information content (AvgIpc) is 2.67. The molecule has 26 heavy (non-hydrogen) atoms. The van der Waals surface area contributed by atoms with E-state index >= 15 is 0 Å². The van der Waals surface area contributed by atoms with Crippen molar-refractivity contribution in [2.45, 2.75) is 37.9 Å². The van der Waals surface area contributed by atoms with Gasteiger partial charge < -0.3 is 5.32 Å². The lowest BCUT2D eigenvalue weighted by atomic mass is 9.95. The Bertz CT molecular complexity index is 762. The lowest BCUT2D eigenvalue weighted by molar-refractivity contribution is 0.0900. The van der Waals surface area contributed by atoms with Gasteiger partial charge in [-0.2, -0.15) is 0 Å². The molecule has 2 aromatic rings. The van der Waals surface area contributed by atoms with Gasteiger partial charge in [0.25, 0.3) is 5.91 Å². The molecule has 1 aliphatic heterocycles. The highest BCUT2D eigenvalue weighted by Gasteiger charge is 2.26. The van der Waals surface area contributed by atoms with E-state index in [1.165, 1.54) is 22.9 Å². The number of carbonyl (C=O) groups is 1. The Hall–Kier alpha value is -1.85. The highest BCUT2D eigenvalue weighted by molar-refractivity contribution is 7.98. The summed E-state index contributed by atoms with van der Waals surface area (Å²) < 4.78 is 0. The van der Waals surface area contributed by atoms with Crippen LogP contribution in [-0.2, 0) is 13.0 Å². The Kier molecular flexibility index (Phi) is 6.33. The molecule has 1 amide bonds. The van der Waals surface area contributed by atoms with Crippen LogP contribution >= 0.6 is 11.8 Å². The van der Waals surface area contributed by atoms with E-state index in [9.17, 15) is 4.79 Å². The molecular formula is C21H27N3OS. The van der Waals surface area contributed by atoms with E-state index in [0.717, 1.165) is 24.5 Å². The van der Waals surface area contributed by atoms with Gasteiger partial charge in [-0.05, 0) is 41.9 Å². The Balaban J connectivity index is 1.67. The summed E-state index contributed by atoms with van der Waals surface area (Å²) in [7, 11) is 0. The molecule has 1 N–H and O–H groups in total. The highest BCUT2D eigenvalue weighted by Crippen LogP contribution is 2.23. The molecule has 0 fully saturated rings. The van der Waals surface area contributed by atoms with Crippen LogP contribution < -0.4 is 5.32 Å². The van der Waals surface area contributed by atoms with Crippen molar-refractivity contribution in [2.24, 2.45) is 5.92 Å². The van der Waals surface area contributed by atoms with E-state index in [1.54, 1.807) is 6.20 Å². The van der Waals surface area contributed by atoms with E-state index in [-0.39, 0.29) is 5.91 Å². The van der Waals surface area contributed by atoms with Crippen molar-refractivity contribution in [3.8, 4) is 0 Å². The highest BCUT2D eigenvalue weighted by atomic mass is 32.2. The van der Waals surface area contributed by atoms with Gasteiger partial charge in [0.2, 0.25) is 0 Å². The minimum absolute atomic E-state index is 0.0366. The molecule has 138 valence electrons. The molecule has 5 heteroatoms. The summed E-state index contributed by atoms with van der Waals surface area (Å²) in [6.45, 7) is 7.11. The molecule has 1 aromatic carbocycles. The van der Waals surface area contributed by atoms with Crippen LogP contribution in [0.5, 0.6) is 0 Å². The number of carbonyl (C=O) groups excluding carboxylic acids is 1. The normalized spacial score (nSPS) is 15.5. The molecule has 1 unspecified atom stereocenters. The zero-order valence-electron chi connectivity index (χ0n) is 15.7. The first-order valence-corrected chi connectivity index (χ1v) is 10.4. The Morgan fingerprint density at radius 1 is 1.23 bits per heavy atom. The standard InChI is InChI=1S/C21H27N3OS/c1-15(2)19(24-12-10-16-7-4-5-8-17(16)14-24)13-23-20(25)18-9-6-11-22-21(18)26-3/h4-9,11,15,19H,10,12-14H2,1-3H3,(H,23,25). The summed E-state index contributed by atoms with van der Waals surface area (Å²) in [5.41, 5.74) is 3.52. The predicted octanol–water partition coefficient (Wildman–Crippen LogP) is 3.62. The van der Waals surface area contributed by atoms with Crippen molar-refractivity contribution >= 4 is 17.7 Å². The van der Waals surface area contributed by atoms with Gasteiger partial charge >= 0.3 is 0 Å². The number of nitrogens with one attached hydrogen (secondary N) is 1. The fourth-order valence-electron chi connectivity index (χ4n) is 3.61. The maximum Gasteiger partial charge on any atom is 0.254 e. The van der Waals surface area contributed by atoms with E-state index < -0.39 is 0 Å². The molecule has 0 bridgehead atoms. The molecule has 1 atom stereocenters. The number of hydrogen-bond acceptors (Lipinski definition) is 4. The molecule has 0 radical (unpaired) electrons. The maximum absolute atomic E-state index is 12.6. The number of aromatic nitrogens is 1. The van der Waals surface area contributed by atoms with E-state index in [2.05, 4.69) is 53.3 Å². The summed E-state index contributed by atoms with van der Waals surface area (Å²) in [5, 5.41) is 3.92. The first-order valence-electron chi connectivity index (χ1n) is 9.18. The smallest absolute Gasteiger partial charge is 0.254 e. The molecular weight excluding hydrogens is 342 g/mol. The average molecular weight is 370 g/mol. The quantitative estimate of drug-likeness (QED) is 0.790. The van der Waals surface area contributed by atoms with Crippen molar-refractivity contribution < 1.29 is 4.79 Å². The summed E-state index contributed by atoms with van der Waals surface area (Å²) in [6, 6.07) is 12.7. The van der Waals surface area contributed by atoms with E-state index in [4.69, 9.17) is 0 Å². The second-order valence-corrected chi connectivity index (χ2v) is 7.87. The van der Waals surface area contributed by atoms with Gasteiger partial charge in [0.05, 0.1) is 5.56 Å². The molecule has 2 heterocycles. The number of rotatable bonds is 6. The molecule has 0 spiro atoms. The van der Waals surface area contributed by atoms with Gasteiger partial charge in [-0.1, -0.05) is 38.1 Å². The molecule has 0 saturated carbocycles. The molecule has 3 rings (SSSR count). The Morgan fingerprint density at radius 3 is 2.73 bits per heavy atom. The van der Waals surface area contributed by atoms with Gasteiger partial charge in [-0.3, -0.25) is 9.69 Å². The van der Waals surface area contributed by atoms with Crippen LogP contribution in [0.4, 0.5) is 0 Å². The van der Waals surface area contributed by atoms with Crippen LogP contribution in [0.25, 0.3) is 0 Å². The topological polar surface area (TPSA) is 45.2 Å². The number of benzene rings is 1. The van der Waals surface area contributed by atoms with Crippen LogP contribution in [-0.4, -0.2) is 41.2 Å². The second kappa shape index (κ2) is 8.69. The number of amides is 1. The van der Waals surface area contributed by atoms with Gasteiger partial charge in [0.1, 0.15) is 5.03 Å². The van der Waals surface area contributed by atoms with Crippen LogP contribution in [0, 0.1) is 5.92 Å². The van der Waals surface area contributed by atoms with Crippen molar-refractivity contribution in [1.29, 1.82) is 0 Å². The SMILES string of the molecule is CSc1ncccc1C(=O)NCC(C(C)C)N1CCc2ccccc2C1. The lowest BCUT2D eigenvalue weighted by Gasteiger charge is -2.38. The molecule has 1 aromatic heterocycles. The van der Waals surface area contributed by atoms with Crippen LogP contribution in [0.15, 0.2) is 47.6 Å². The van der Waals surface area contributed by atoms with Crippen LogP contribution in [0.2, 0.25) is 0 Å². The largest absolute Gasteiger partial charge is 0.350 e. The van der Waals surface area contributed by atoms with Gasteiger partial charge in [0.15, 0.2) is 0 Å². The molecule has 0 saturated heterocycles. The minimum Gasteiger partial charge on any atom is -0.350 e. The Labute approximate surface area is 160 Å². The first kappa shape index (κ1) is 18.9. The first-order chi connectivity index (χ1) is 12.6. The fourth-order valence-corrected chi connectivity index (χ4v) is 4.15. The van der Waals surface area contributed by atoms with Gasteiger partial charge in [0, 0.05) is 31.9 Å². The monoisotopic (exact) mass is 369 g/mol. The number of pyridine rings is 1. The van der Waals surface area contributed by atoms with Crippen molar-refractivity contribution in [2.75, 3.05) is 19.3 Å². The zero-order chi connectivity index (χ0) is 18.5. The molecule has 0 aliphatic carbocycles. The third kappa shape index (κ3) is 4.27. The van der Waals surface area contributed by atoms with Crippen LogP contribution in [0.1, 0.15) is 35.3 Å².